The lowest BCUT2D eigenvalue weighted by Gasteiger charge is -1.99. The lowest BCUT2D eigenvalue weighted by molar-refractivity contribution is 0.242. The molecule has 0 amide bonds. The first-order valence-electron chi connectivity index (χ1n) is 2.94. The SMILES string of the molecule is COS(=O)(=O)OCCCC#N. The zero-order chi connectivity index (χ0) is 8.74. The number of hydrogen-bond donors (Lipinski definition) is 0. The van der Waals surface area contributed by atoms with Crippen molar-refractivity contribution < 1.29 is 16.8 Å². The van der Waals surface area contributed by atoms with Crippen molar-refractivity contribution in [2.24, 2.45) is 0 Å². The fraction of sp³-hybridized carbons (Fsp3) is 0.800. The highest BCUT2D eigenvalue weighted by Gasteiger charge is 2.06. The lowest BCUT2D eigenvalue weighted by atomic mass is 10.4. The molecule has 0 aliphatic heterocycles. The Kier molecular flexibility index (Phi) is 4.77. The number of nitrogens with zero attached hydrogens (tertiary/aromatic N) is 1. The van der Waals surface area contributed by atoms with Gasteiger partial charge >= 0.3 is 10.4 Å². The summed E-state index contributed by atoms with van der Waals surface area (Å²) in [6, 6.07) is 1.86. The molecule has 0 aliphatic rings. The molecule has 5 nitrogen and oxygen atoms in total. The van der Waals surface area contributed by atoms with E-state index in [9.17, 15) is 8.42 Å². The van der Waals surface area contributed by atoms with Crippen molar-refractivity contribution in [1.29, 1.82) is 5.26 Å². The first-order chi connectivity index (χ1) is 5.12. The minimum Gasteiger partial charge on any atom is -0.252 e. The summed E-state index contributed by atoms with van der Waals surface area (Å²) in [4.78, 5) is 0. The Morgan fingerprint density at radius 2 is 2.18 bits per heavy atom. The van der Waals surface area contributed by atoms with Gasteiger partial charge in [-0.3, -0.25) is 4.18 Å². The van der Waals surface area contributed by atoms with Crippen LogP contribution >= 0.6 is 0 Å². The average molecular weight is 179 g/mol. The zero-order valence-corrected chi connectivity index (χ0v) is 6.93. The van der Waals surface area contributed by atoms with Gasteiger partial charge in [0.25, 0.3) is 0 Å². The van der Waals surface area contributed by atoms with Crippen molar-refractivity contribution in [3.05, 3.63) is 0 Å². The van der Waals surface area contributed by atoms with Crippen molar-refractivity contribution in [2.45, 2.75) is 12.8 Å². The van der Waals surface area contributed by atoms with Gasteiger partial charge in [-0.2, -0.15) is 13.7 Å². The standard InChI is InChI=1S/C5H9NO4S/c1-9-11(7,8)10-5-3-2-4-6/h2-3,5H2,1H3. The molecule has 0 spiro atoms. The van der Waals surface area contributed by atoms with Gasteiger partial charge in [-0.05, 0) is 6.42 Å². The van der Waals surface area contributed by atoms with Gasteiger partial charge in [0.2, 0.25) is 0 Å². The minimum absolute atomic E-state index is 0.0102. The highest BCUT2D eigenvalue weighted by Crippen LogP contribution is 1.95. The Hall–Kier alpha value is -0.640. The third-order valence-corrected chi connectivity index (χ3v) is 1.73. The molecular formula is C5H9NO4S. The topological polar surface area (TPSA) is 76.4 Å². The van der Waals surface area contributed by atoms with Gasteiger partial charge in [0.05, 0.1) is 19.8 Å². The van der Waals surface area contributed by atoms with Crippen LogP contribution in [0.3, 0.4) is 0 Å². The molecule has 0 aromatic rings. The van der Waals surface area contributed by atoms with Gasteiger partial charge in [-0.1, -0.05) is 0 Å². The second-order valence-electron chi connectivity index (χ2n) is 1.66. The Morgan fingerprint density at radius 3 is 2.64 bits per heavy atom. The highest BCUT2D eigenvalue weighted by atomic mass is 32.3. The summed E-state index contributed by atoms with van der Waals surface area (Å²) < 4.78 is 29.1. The van der Waals surface area contributed by atoms with E-state index in [4.69, 9.17) is 5.26 Å². The maximum absolute atomic E-state index is 10.4. The normalized spacial score (nSPS) is 10.9. The summed E-state index contributed by atoms with van der Waals surface area (Å²) in [6.45, 7) is -0.0102. The van der Waals surface area contributed by atoms with Crippen LogP contribution in [0.2, 0.25) is 0 Å². The van der Waals surface area contributed by atoms with Crippen LogP contribution in [-0.4, -0.2) is 22.1 Å². The second-order valence-corrected chi connectivity index (χ2v) is 3.04. The monoisotopic (exact) mass is 179 g/mol. The zero-order valence-electron chi connectivity index (χ0n) is 6.11. The predicted octanol–water partition coefficient (Wildman–Crippen LogP) is 0.198. The molecule has 0 heterocycles. The van der Waals surface area contributed by atoms with E-state index in [0.29, 0.717) is 6.42 Å². The first-order valence-corrected chi connectivity index (χ1v) is 4.27. The molecule has 64 valence electrons. The maximum Gasteiger partial charge on any atom is 0.399 e. The highest BCUT2D eigenvalue weighted by molar-refractivity contribution is 7.81. The molecule has 0 fully saturated rings. The summed E-state index contributed by atoms with van der Waals surface area (Å²) in [5.41, 5.74) is 0. The molecule has 0 saturated heterocycles. The third-order valence-electron chi connectivity index (χ3n) is 0.865. The Balaban J connectivity index is 3.49. The van der Waals surface area contributed by atoms with Crippen molar-refractivity contribution >= 4 is 10.4 Å². The van der Waals surface area contributed by atoms with Crippen LogP contribution in [0, 0.1) is 11.3 Å². The first kappa shape index (κ1) is 10.4. The Labute approximate surface area is 65.9 Å². The predicted molar refractivity (Wildman–Crippen MR) is 36.7 cm³/mol. The number of hydrogen-bond acceptors (Lipinski definition) is 5. The molecule has 0 unspecified atom stereocenters. The van der Waals surface area contributed by atoms with Crippen LogP contribution < -0.4 is 0 Å². The third kappa shape index (κ3) is 5.79. The van der Waals surface area contributed by atoms with E-state index in [2.05, 4.69) is 8.37 Å². The van der Waals surface area contributed by atoms with Gasteiger partial charge in [-0.25, -0.2) is 4.18 Å². The van der Waals surface area contributed by atoms with Gasteiger partial charge in [0.1, 0.15) is 0 Å². The van der Waals surface area contributed by atoms with Gasteiger partial charge < -0.3 is 0 Å². The van der Waals surface area contributed by atoms with Crippen molar-refractivity contribution in [2.75, 3.05) is 13.7 Å². The fourth-order valence-electron chi connectivity index (χ4n) is 0.360. The summed E-state index contributed by atoms with van der Waals surface area (Å²) in [5, 5.41) is 8.07. The molecular weight excluding hydrogens is 170 g/mol. The van der Waals surface area contributed by atoms with Gasteiger partial charge in [0.15, 0.2) is 0 Å². The number of nitriles is 1. The van der Waals surface area contributed by atoms with Crippen LogP contribution in [0.1, 0.15) is 12.8 Å². The molecule has 0 N–H and O–H groups in total. The minimum atomic E-state index is -3.81. The molecule has 0 atom stereocenters. The number of unbranched alkanes of at least 4 members (excludes halogenated alkanes) is 1. The van der Waals surface area contributed by atoms with Gasteiger partial charge in [0, 0.05) is 6.42 Å². The van der Waals surface area contributed by atoms with Crippen molar-refractivity contribution in [3.8, 4) is 6.07 Å². The van der Waals surface area contributed by atoms with Crippen LogP contribution in [0.5, 0.6) is 0 Å². The van der Waals surface area contributed by atoms with E-state index in [0.717, 1.165) is 7.11 Å². The second kappa shape index (κ2) is 5.07. The summed E-state index contributed by atoms with van der Waals surface area (Å²) >= 11 is 0. The molecule has 0 bridgehead atoms. The van der Waals surface area contributed by atoms with E-state index in [1.54, 1.807) is 0 Å². The largest absolute Gasteiger partial charge is 0.399 e. The molecule has 0 aliphatic carbocycles. The van der Waals surface area contributed by atoms with E-state index in [1.165, 1.54) is 0 Å². The molecule has 0 aromatic heterocycles. The van der Waals surface area contributed by atoms with E-state index < -0.39 is 10.4 Å². The Bertz CT molecular complexity index is 227. The van der Waals surface area contributed by atoms with E-state index in [1.807, 2.05) is 6.07 Å². The fourth-order valence-corrected chi connectivity index (χ4v) is 0.779. The van der Waals surface area contributed by atoms with Crippen molar-refractivity contribution in [3.63, 3.8) is 0 Å². The molecule has 0 aromatic carbocycles. The molecule has 6 heteroatoms. The van der Waals surface area contributed by atoms with Crippen molar-refractivity contribution in [1.82, 2.24) is 0 Å². The van der Waals surface area contributed by atoms with Crippen LogP contribution in [0.15, 0.2) is 0 Å². The lowest BCUT2D eigenvalue weighted by Crippen LogP contribution is -2.08. The van der Waals surface area contributed by atoms with Crippen LogP contribution in [-0.2, 0) is 18.8 Å². The summed E-state index contributed by atoms with van der Waals surface area (Å²) in [6.07, 6.45) is 0.665. The van der Waals surface area contributed by atoms with Gasteiger partial charge in [-0.15, -0.1) is 0 Å². The summed E-state index contributed by atoms with van der Waals surface area (Å²) in [7, 11) is -2.80. The van der Waals surface area contributed by atoms with E-state index >= 15 is 0 Å². The molecule has 11 heavy (non-hydrogen) atoms. The average Bonchev–Trinajstić information content (AvgIpc) is 1.99. The molecule has 0 saturated carbocycles. The van der Waals surface area contributed by atoms with E-state index in [-0.39, 0.29) is 13.0 Å². The maximum atomic E-state index is 10.4. The molecule has 0 rings (SSSR count). The Morgan fingerprint density at radius 1 is 1.55 bits per heavy atom. The van der Waals surface area contributed by atoms with Crippen LogP contribution in [0.4, 0.5) is 0 Å². The quantitative estimate of drug-likeness (QED) is 0.563. The number of rotatable bonds is 5. The summed E-state index contributed by atoms with van der Waals surface area (Å²) in [5.74, 6) is 0. The smallest absolute Gasteiger partial charge is 0.252 e. The molecule has 0 radical (unpaired) electrons. The van der Waals surface area contributed by atoms with Crippen LogP contribution in [0.25, 0.3) is 0 Å².